The fourth-order valence-corrected chi connectivity index (χ4v) is 2.22. The summed E-state index contributed by atoms with van der Waals surface area (Å²) in [4.78, 5) is 15.0. The van der Waals surface area contributed by atoms with Gasteiger partial charge in [0, 0.05) is 24.7 Å². The number of aryl methyl sites for hydroxylation is 1. The van der Waals surface area contributed by atoms with E-state index in [0.717, 1.165) is 23.6 Å². The third-order valence-corrected chi connectivity index (χ3v) is 3.02. The highest BCUT2D eigenvalue weighted by Gasteiger charge is 2.20. The molecule has 3 rings (SSSR count). The van der Waals surface area contributed by atoms with Crippen molar-refractivity contribution in [3.63, 3.8) is 0 Å². The molecule has 1 aliphatic heterocycles. The second kappa shape index (κ2) is 3.73. The minimum Gasteiger partial charge on any atom is -0.481 e. The Bertz CT molecular complexity index is 587. The van der Waals surface area contributed by atoms with Gasteiger partial charge in [0.15, 0.2) is 0 Å². The molecule has 0 fully saturated rings. The minimum atomic E-state index is -0.779. The standard InChI is InChI=1S/C13H12N2O2/c16-12(17)6-5-10-8-15-7-9-3-1-2-4-11(9)13(15)14-10/h1-4,8H,5-7H2,(H,16,17). The van der Waals surface area contributed by atoms with Gasteiger partial charge < -0.3 is 9.67 Å². The van der Waals surface area contributed by atoms with Gasteiger partial charge in [-0.25, -0.2) is 4.98 Å². The molecule has 86 valence electrons. The second-order valence-electron chi connectivity index (χ2n) is 4.23. The molecular weight excluding hydrogens is 216 g/mol. The average molecular weight is 228 g/mol. The molecule has 1 aromatic carbocycles. The molecule has 0 saturated heterocycles. The lowest BCUT2D eigenvalue weighted by molar-refractivity contribution is -0.136. The zero-order chi connectivity index (χ0) is 11.8. The Hall–Kier alpha value is -2.10. The summed E-state index contributed by atoms with van der Waals surface area (Å²) in [5.74, 6) is 0.180. The third kappa shape index (κ3) is 1.71. The first-order chi connectivity index (χ1) is 8.24. The lowest BCUT2D eigenvalue weighted by Crippen LogP contribution is -1.98. The van der Waals surface area contributed by atoms with Crippen LogP contribution in [0.15, 0.2) is 30.5 Å². The van der Waals surface area contributed by atoms with Crippen LogP contribution in [0.3, 0.4) is 0 Å². The fourth-order valence-electron chi connectivity index (χ4n) is 2.22. The van der Waals surface area contributed by atoms with E-state index in [9.17, 15) is 4.79 Å². The van der Waals surface area contributed by atoms with Crippen LogP contribution >= 0.6 is 0 Å². The van der Waals surface area contributed by atoms with E-state index < -0.39 is 5.97 Å². The van der Waals surface area contributed by atoms with E-state index in [4.69, 9.17) is 5.11 Å². The Morgan fingerprint density at radius 1 is 1.41 bits per heavy atom. The number of imidazole rings is 1. The average Bonchev–Trinajstić information content (AvgIpc) is 2.83. The number of hydrogen-bond acceptors (Lipinski definition) is 2. The van der Waals surface area contributed by atoms with Gasteiger partial charge in [-0.3, -0.25) is 4.79 Å². The number of hydrogen-bond donors (Lipinski definition) is 1. The van der Waals surface area contributed by atoms with Gasteiger partial charge >= 0.3 is 5.97 Å². The van der Waals surface area contributed by atoms with Crippen molar-refractivity contribution >= 4 is 5.97 Å². The summed E-state index contributed by atoms with van der Waals surface area (Å²) < 4.78 is 2.09. The lowest BCUT2D eigenvalue weighted by Gasteiger charge is -1.96. The summed E-state index contributed by atoms with van der Waals surface area (Å²) in [6.07, 6.45) is 2.59. The van der Waals surface area contributed by atoms with Crippen LogP contribution in [0.25, 0.3) is 11.4 Å². The van der Waals surface area contributed by atoms with E-state index in [1.807, 2.05) is 18.3 Å². The summed E-state index contributed by atoms with van der Waals surface area (Å²) in [5.41, 5.74) is 3.30. The molecule has 4 nitrogen and oxygen atoms in total. The summed E-state index contributed by atoms with van der Waals surface area (Å²) in [7, 11) is 0. The van der Waals surface area contributed by atoms with Crippen LogP contribution in [0.1, 0.15) is 17.7 Å². The van der Waals surface area contributed by atoms with Gasteiger partial charge in [-0.05, 0) is 5.56 Å². The minimum absolute atomic E-state index is 0.137. The molecule has 0 bridgehead atoms. The van der Waals surface area contributed by atoms with Crippen LogP contribution in [-0.4, -0.2) is 20.6 Å². The number of benzene rings is 1. The topological polar surface area (TPSA) is 55.1 Å². The summed E-state index contributed by atoms with van der Waals surface area (Å²) in [5, 5.41) is 8.65. The van der Waals surface area contributed by atoms with Crippen LogP contribution in [-0.2, 0) is 17.8 Å². The highest BCUT2D eigenvalue weighted by atomic mass is 16.4. The number of carboxylic acids is 1. The van der Waals surface area contributed by atoms with Crippen molar-refractivity contribution in [2.75, 3.05) is 0 Å². The molecule has 4 heteroatoms. The van der Waals surface area contributed by atoms with Crippen molar-refractivity contribution in [3.05, 3.63) is 41.7 Å². The summed E-state index contributed by atoms with van der Waals surface area (Å²) >= 11 is 0. The molecule has 2 aromatic rings. The summed E-state index contributed by atoms with van der Waals surface area (Å²) in [6.45, 7) is 0.839. The number of aliphatic carboxylic acids is 1. The van der Waals surface area contributed by atoms with E-state index in [1.165, 1.54) is 5.56 Å². The zero-order valence-corrected chi connectivity index (χ0v) is 9.26. The van der Waals surface area contributed by atoms with Gasteiger partial charge in [0.1, 0.15) is 5.82 Å². The van der Waals surface area contributed by atoms with Crippen molar-refractivity contribution in [3.8, 4) is 11.4 Å². The Labute approximate surface area is 98.5 Å². The quantitative estimate of drug-likeness (QED) is 0.745. The number of carboxylic acid groups (broad SMARTS) is 1. The monoisotopic (exact) mass is 228 g/mol. The van der Waals surface area contributed by atoms with Crippen molar-refractivity contribution in [2.24, 2.45) is 0 Å². The smallest absolute Gasteiger partial charge is 0.303 e. The molecule has 0 atom stereocenters. The molecule has 0 spiro atoms. The number of rotatable bonds is 3. The highest BCUT2D eigenvalue weighted by molar-refractivity contribution is 5.67. The highest BCUT2D eigenvalue weighted by Crippen LogP contribution is 2.30. The maximum Gasteiger partial charge on any atom is 0.303 e. The molecule has 0 amide bonds. The molecule has 1 aromatic heterocycles. The van der Waals surface area contributed by atoms with Crippen LogP contribution in [0.4, 0.5) is 0 Å². The maximum absolute atomic E-state index is 10.5. The Balaban J connectivity index is 1.90. The van der Waals surface area contributed by atoms with Gasteiger partial charge in [0.2, 0.25) is 0 Å². The van der Waals surface area contributed by atoms with Gasteiger partial charge in [-0.1, -0.05) is 24.3 Å². The van der Waals surface area contributed by atoms with E-state index in [1.54, 1.807) is 0 Å². The third-order valence-electron chi connectivity index (χ3n) is 3.02. The fraction of sp³-hybridized carbons (Fsp3) is 0.231. The van der Waals surface area contributed by atoms with Gasteiger partial charge in [-0.2, -0.15) is 0 Å². The van der Waals surface area contributed by atoms with Crippen molar-refractivity contribution in [2.45, 2.75) is 19.4 Å². The van der Waals surface area contributed by atoms with Crippen LogP contribution in [0.5, 0.6) is 0 Å². The van der Waals surface area contributed by atoms with Gasteiger partial charge in [0.05, 0.1) is 12.1 Å². The van der Waals surface area contributed by atoms with E-state index >= 15 is 0 Å². The molecule has 17 heavy (non-hydrogen) atoms. The molecule has 1 aliphatic rings. The molecule has 0 radical (unpaired) electrons. The lowest BCUT2D eigenvalue weighted by atomic mass is 10.1. The number of fused-ring (bicyclic) bond motifs is 3. The largest absolute Gasteiger partial charge is 0.481 e. The van der Waals surface area contributed by atoms with E-state index in [2.05, 4.69) is 21.7 Å². The Morgan fingerprint density at radius 2 is 2.24 bits per heavy atom. The number of nitrogens with zero attached hydrogens (tertiary/aromatic N) is 2. The zero-order valence-electron chi connectivity index (χ0n) is 9.26. The number of aromatic nitrogens is 2. The number of carbonyl (C=O) groups is 1. The Kier molecular flexibility index (Phi) is 2.21. The predicted molar refractivity (Wildman–Crippen MR) is 62.7 cm³/mol. The Morgan fingerprint density at radius 3 is 3.06 bits per heavy atom. The first-order valence-electron chi connectivity index (χ1n) is 5.60. The molecule has 0 saturated carbocycles. The predicted octanol–water partition coefficient (Wildman–Crippen LogP) is 1.93. The van der Waals surface area contributed by atoms with Crippen LogP contribution in [0.2, 0.25) is 0 Å². The van der Waals surface area contributed by atoms with Gasteiger partial charge in [-0.15, -0.1) is 0 Å². The van der Waals surface area contributed by atoms with Crippen LogP contribution < -0.4 is 0 Å². The molecule has 2 heterocycles. The van der Waals surface area contributed by atoms with Crippen molar-refractivity contribution in [1.82, 2.24) is 9.55 Å². The summed E-state index contributed by atoms with van der Waals surface area (Å²) in [6, 6.07) is 8.18. The van der Waals surface area contributed by atoms with E-state index in [-0.39, 0.29) is 6.42 Å². The second-order valence-corrected chi connectivity index (χ2v) is 4.23. The van der Waals surface area contributed by atoms with E-state index in [0.29, 0.717) is 6.42 Å². The van der Waals surface area contributed by atoms with Crippen molar-refractivity contribution in [1.29, 1.82) is 0 Å². The SMILES string of the molecule is O=C(O)CCc1cn2c(n1)-c1ccccc1C2. The maximum atomic E-state index is 10.5. The normalized spacial score (nSPS) is 12.2. The first-order valence-corrected chi connectivity index (χ1v) is 5.60. The van der Waals surface area contributed by atoms with Crippen LogP contribution in [0, 0.1) is 0 Å². The first kappa shape index (κ1) is 10.1. The molecule has 1 N–H and O–H groups in total. The van der Waals surface area contributed by atoms with Gasteiger partial charge in [0.25, 0.3) is 0 Å². The molecular formula is C13H12N2O2. The van der Waals surface area contributed by atoms with Crippen molar-refractivity contribution < 1.29 is 9.90 Å². The molecule has 0 unspecified atom stereocenters. The molecule has 0 aliphatic carbocycles.